The van der Waals surface area contributed by atoms with Crippen LogP contribution in [0.1, 0.15) is 29.8 Å². The van der Waals surface area contributed by atoms with Crippen molar-refractivity contribution in [2.45, 2.75) is 26.3 Å². The average molecular weight is 366 g/mol. The quantitative estimate of drug-likeness (QED) is 0.575. The Hall–Kier alpha value is -3.10. The lowest BCUT2D eigenvalue weighted by Gasteiger charge is -2.23. The number of amides is 2. The van der Waals surface area contributed by atoms with Gasteiger partial charge in [-0.3, -0.25) is 9.59 Å². The van der Waals surface area contributed by atoms with Gasteiger partial charge in [0.05, 0.1) is 0 Å². The molecule has 0 bridgehead atoms. The molecule has 0 aliphatic rings. The number of nitrogens with one attached hydrogen (secondary N) is 1. The molecule has 2 amide bonds. The van der Waals surface area contributed by atoms with Crippen LogP contribution in [0.25, 0.3) is 0 Å². The molecule has 0 fully saturated rings. The van der Waals surface area contributed by atoms with Crippen LogP contribution in [0.3, 0.4) is 0 Å². The highest BCUT2D eigenvalue weighted by Gasteiger charge is 2.23. The van der Waals surface area contributed by atoms with E-state index in [2.05, 4.69) is 5.32 Å². The third kappa shape index (κ3) is 6.08. The van der Waals surface area contributed by atoms with Crippen LogP contribution in [0, 0.1) is 0 Å². The van der Waals surface area contributed by atoms with Crippen molar-refractivity contribution in [3.63, 3.8) is 0 Å². The van der Waals surface area contributed by atoms with E-state index in [9.17, 15) is 24.3 Å². The summed E-state index contributed by atoms with van der Waals surface area (Å²) >= 11 is 0. The minimum absolute atomic E-state index is 0.0856. The maximum Gasteiger partial charge on any atom is 0.341 e. The molecule has 1 rings (SSSR count). The number of hydrogen-bond acceptors (Lipinski definition) is 5. The van der Waals surface area contributed by atoms with Crippen molar-refractivity contribution < 1.29 is 34.1 Å². The Kier molecular flexibility index (Phi) is 7.57. The highest BCUT2D eigenvalue weighted by molar-refractivity contribution is 5.91. The first kappa shape index (κ1) is 20.9. The van der Waals surface area contributed by atoms with E-state index in [0.717, 1.165) is 0 Å². The zero-order valence-corrected chi connectivity index (χ0v) is 14.8. The Bertz CT molecular complexity index is 702. The largest absolute Gasteiger partial charge is 0.481 e. The molecule has 26 heavy (non-hydrogen) atoms. The van der Waals surface area contributed by atoms with Crippen molar-refractivity contribution in [1.82, 2.24) is 10.2 Å². The molecular weight excluding hydrogens is 344 g/mol. The van der Waals surface area contributed by atoms with E-state index >= 15 is 0 Å². The number of hydrogen-bond donors (Lipinski definition) is 3. The standard InChI is InChI=1S/C17H22N2O7/c1-4-19(3)16(23)13(18-10(2)20)8-11-5-6-14(26-9-15(21)22)12(7-11)17(24)25/h5-7,13H,4,8-9H2,1-3H3,(H,18,20)(H,21,22)(H,24,25)/t13-/m0/s1. The Labute approximate surface area is 150 Å². The predicted molar refractivity (Wildman–Crippen MR) is 91.2 cm³/mol. The van der Waals surface area contributed by atoms with Crippen molar-refractivity contribution >= 4 is 23.8 Å². The van der Waals surface area contributed by atoms with Gasteiger partial charge in [-0.05, 0) is 24.6 Å². The molecule has 142 valence electrons. The molecule has 9 nitrogen and oxygen atoms in total. The SMILES string of the molecule is CCN(C)C(=O)[C@H](Cc1ccc(OCC(=O)O)c(C(=O)O)c1)NC(C)=O. The number of rotatable bonds is 9. The maximum absolute atomic E-state index is 12.4. The van der Waals surface area contributed by atoms with Crippen molar-refractivity contribution in [1.29, 1.82) is 0 Å². The second kappa shape index (κ2) is 9.40. The summed E-state index contributed by atoms with van der Waals surface area (Å²) in [4.78, 5) is 47.2. The van der Waals surface area contributed by atoms with Crippen molar-refractivity contribution in [3.05, 3.63) is 29.3 Å². The highest BCUT2D eigenvalue weighted by Crippen LogP contribution is 2.21. The number of ether oxygens (including phenoxy) is 1. The second-order valence-corrected chi connectivity index (χ2v) is 5.63. The number of carbonyl (C=O) groups is 4. The number of benzene rings is 1. The van der Waals surface area contributed by atoms with Gasteiger partial charge in [0.15, 0.2) is 6.61 Å². The molecule has 9 heteroatoms. The molecule has 0 aliphatic carbocycles. The van der Waals surface area contributed by atoms with Gasteiger partial charge in [0, 0.05) is 26.9 Å². The lowest BCUT2D eigenvalue weighted by atomic mass is 10.0. The number of aromatic carboxylic acids is 1. The Morgan fingerprint density at radius 2 is 1.88 bits per heavy atom. The fourth-order valence-corrected chi connectivity index (χ4v) is 2.24. The van der Waals surface area contributed by atoms with Gasteiger partial charge in [-0.2, -0.15) is 0 Å². The van der Waals surface area contributed by atoms with E-state index in [1.165, 1.54) is 30.0 Å². The van der Waals surface area contributed by atoms with Crippen LogP contribution in [0.15, 0.2) is 18.2 Å². The molecule has 1 aromatic carbocycles. The summed E-state index contributed by atoms with van der Waals surface area (Å²) in [7, 11) is 1.60. The van der Waals surface area contributed by atoms with E-state index < -0.39 is 24.6 Å². The smallest absolute Gasteiger partial charge is 0.341 e. The summed E-state index contributed by atoms with van der Waals surface area (Å²) in [6.45, 7) is 2.86. The first-order chi connectivity index (χ1) is 12.1. The van der Waals surface area contributed by atoms with Crippen LogP contribution in [-0.2, 0) is 20.8 Å². The minimum atomic E-state index is -1.29. The normalized spacial score (nSPS) is 11.3. The van der Waals surface area contributed by atoms with E-state index in [-0.39, 0.29) is 29.5 Å². The van der Waals surface area contributed by atoms with E-state index in [0.29, 0.717) is 12.1 Å². The molecule has 0 unspecified atom stereocenters. The number of carbonyl (C=O) groups excluding carboxylic acids is 2. The molecule has 0 saturated heterocycles. The van der Waals surface area contributed by atoms with Gasteiger partial charge in [0.25, 0.3) is 0 Å². The van der Waals surface area contributed by atoms with Gasteiger partial charge in [-0.25, -0.2) is 9.59 Å². The molecule has 0 spiro atoms. The van der Waals surface area contributed by atoms with Crippen molar-refractivity contribution in [2.24, 2.45) is 0 Å². The molecule has 1 atom stereocenters. The molecule has 0 aliphatic heterocycles. The zero-order valence-electron chi connectivity index (χ0n) is 14.8. The van der Waals surface area contributed by atoms with Crippen LogP contribution < -0.4 is 10.1 Å². The lowest BCUT2D eigenvalue weighted by Crippen LogP contribution is -2.47. The second-order valence-electron chi connectivity index (χ2n) is 5.63. The predicted octanol–water partition coefficient (Wildman–Crippen LogP) is 0.374. The first-order valence-electron chi connectivity index (χ1n) is 7.88. The summed E-state index contributed by atoms with van der Waals surface area (Å²) in [6, 6.07) is 3.32. The van der Waals surface area contributed by atoms with E-state index in [1.54, 1.807) is 14.0 Å². The van der Waals surface area contributed by atoms with Gasteiger partial charge in [0.2, 0.25) is 11.8 Å². The summed E-state index contributed by atoms with van der Waals surface area (Å²) in [6.07, 6.45) is 0.0856. The fraction of sp³-hybridized carbons (Fsp3) is 0.412. The molecule has 1 aromatic rings. The number of aliphatic carboxylic acids is 1. The van der Waals surface area contributed by atoms with Crippen molar-refractivity contribution in [3.8, 4) is 5.75 Å². The Morgan fingerprint density at radius 3 is 2.38 bits per heavy atom. The highest BCUT2D eigenvalue weighted by atomic mass is 16.5. The van der Waals surface area contributed by atoms with E-state index in [4.69, 9.17) is 9.84 Å². The Morgan fingerprint density at radius 1 is 1.23 bits per heavy atom. The third-order valence-corrected chi connectivity index (χ3v) is 3.59. The summed E-state index contributed by atoms with van der Waals surface area (Å²) in [5, 5.41) is 20.5. The average Bonchev–Trinajstić information content (AvgIpc) is 2.57. The topological polar surface area (TPSA) is 133 Å². The van der Waals surface area contributed by atoms with Crippen molar-refractivity contribution in [2.75, 3.05) is 20.2 Å². The zero-order chi connectivity index (χ0) is 19.9. The van der Waals surface area contributed by atoms with Crippen LogP contribution in [-0.4, -0.2) is 65.1 Å². The third-order valence-electron chi connectivity index (χ3n) is 3.59. The fourth-order valence-electron chi connectivity index (χ4n) is 2.24. The molecular formula is C17H22N2O7. The summed E-state index contributed by atoms with van der Waals surface area (Å²) < 4.78 is 4.96. The monoisotopic (exact) mass is 366 g/mol. The number of carboxylic acid groups (broad SMARTS) is 2. The molecule has 0 aromatic heterocycles. The van der Waals surface area contributed by atoms with Crippen LogP contribution in [0.2, 0.25) is 0 Å². The maximum atomic E-state index is 12.4. The minimum Gasteiger partial charge on any atom is -0.481 e. The van der Waals surface area contributed by atoms with Crippen LogP contribution in [0.4, 0.5) is 0 Å². The van der Waals surface area contributed by atoms with E-state index in [1.807, 2.05) is 0 Å². The summed E-state index contributed by atoms with van der Waals surface area (Å²) in [5.74, 6) is -3.29. The number of likely N-dealkylation sites (N-methyl/N-ethyl adjacent to an activating group) is 1. The van der Waals surface area contributed by atoms with Crippen LogP contribution in [0.5, 0.6) is 5.75 Å². The Balaban J connectivity index is 3.09. The van der Waals surface area contributed by atoms with Crippen LogP contribution >= 0.6 is 0 Å². The van der Waals surface area contributed by atoms with Gasteiger partial charge < -0.3 is 25.2 Å². The van der Waals surface area contributed by atoms with Gasteiger partial charge >= 0.3 is 11.9 Å². The summed E-state index contributed by atoms with van der Waals surface area (Å²) in [5.41, 5.74) is 0.267. The first-order valence-corrected chi connectivity index (χ1v) is 7.88. The molecule has 0 heterocycles. The number of carboxylic acids is 2. The lowest BCUT2D eigenvalue weighted by molar-refractivity contribution is -0.139. The van der Waals surface area contributed by atoms with Gasteiger partial charge in [-0.1, -0.05) is 6.07 Å². The number of nitrogens with zero attached hydrogens (tertiary/aromatic N) is 1. The molecule has 0 saturated carbocycles. The molecule has 3 N–H and O–H groups in total. The van der Waals surface area contributed by atoms with Gasteiger partial charge in [0.1, 0.15) is 17.4 Å². The van der Waals surface area contributed by atoms with Gasteiger partial charge in [-0.15, -0.1) is 0 Å². The molecule has 0 radical (unpaired) electrons.